The van der Waals surface area contributed by atoms with Gasteiger partial charge in [-0.25, -0.2) is 4.79 Å². The standard InChI is InChI=1S/C8H10ClNO3S/c1-4(2)12-8(11)13-7-6(10)5(9)3-14-7/h3-4H,10H2,1-2H3. The molecule has 1 aromatic heterocycles. The summed E-state index contributed by atoms with van der Waals surface area (Å²) in [4.78, 5) is 11.0. The van der Waals surface area contributed by atoms with Crippen molar-refractivity contribution in [2.45, 2.75) is 20.0 Å². The molecule has 0 amide bonds. The maximum absolute atomic E-state index is 11.0. The molecule has 0 radical (unpaired) electrons. The minimum Gasteiger partial charge on any atom is -0.431 e. The number of nitrogens with two attached hydrogens (primary N) is 1. The number of anilines is 1. The molecular weight excluding hydrogens is 226 g/mol. The number of rotatable bonds is 2. The summed E-state index contributed by atoms with van der Waals surface area (Å²) in [5, 5.41) is 2.23. The lowest BCUT2D eigenvalue weighted by atomic mass is 10.5. The Kier molecular flexibility index (Phi) is 3.60. The Hall–Kier alpha value is -0.940. The van der Waals surface area contributed by atoms with Crippen LogP contribution in [0, 0.1) is 0 Å². The molecule has 0 saturated heterocycles. The van der Waals surface area contributed by atoms with Crippen LogP contribution in [0.2, 0.25) is 5.02 Å². The van der Waals surface area contributed by atoms with Gasteiger partial charge in [-0.1, -0.05) is 11.6 Å². The molecule has 0 unspecified atom stereocenters. The van der Waals surface area contributed by atoms with Gasteiger partial charge >= 0.3 is 6.16 Å². The zero-order valence-corrected chi connectivity index (χ0v) is 9.32. The number of halogens is 1. The average molecular weight is 236 g/mol. The molecule has 0 bridgehead atoms. The highest BCUT2D eigenvalue weighted by Gasteiger charge is 2.14. The number of hydrogen-bond donors (Lipinski definition) is 1. The molecule has 2 N–H and O–H groups in total. The Bertz CT molecular complexity index is 337. The summed E-state index contributed by atoms with van der Waals surface area (Å²) >= 11 is 6.82. The van der Waals surface area contributed by atoms with E-state index in [1.165, 1.54) is 0 Å². The zero-order chi connectivity index (χ0) is 10.7. The van der Waals surface area contributed by atoms with Crippen LogP contribution >= 0.6 is 22.9 Å². The number of hydrogen-bond acceptors (Lipinski definition) is 5. The number of carbonyl (C=O) groups is 1. The molecule has 78 valence electrons. The SMILES string of the molecule is CC(C)OC(=O)Oc1scc(Cl)c1N. The highest BCUT2D eigenvalue weighted by Crippen LogP contribution is 2.36. The lowest BCUT2D eigenvalue weighted by molar-refractivity contribution is 0.0742. The maximum atomic E-state index is 11.0. The highest BCUT2D eigenvalue weighted by atomic mass is 35.5. The van der Waals surface area contributed by atoms with Crippen LogP contribution in [-0.4, -0.2) is 12.3 Å². The van der Waals surface area contributed by atoms with Gasteiger partial charge < -0.3 is 15.2 Å². The Morgan fingerprint density at radius 2 is 2.29 bits per heavy atom. The van der Waals surface area contributed by atoms with E-state index in [0.717, 1.165) is 11.3 Å². The Balaban J connectivity index is 2.61. The van der Waals surface area contributed by atoms with Crippen LogP contribution in [0.15, 0.2) is 5.38 Å². The van der Waals surface area contributed by atoms with Crippen LogP contribution in [0.1, 0.15) is 13.8 Å². The normalized spacial score (nSPS) is 10.3. The molecule has 0 aromatic carbocycles. The number of carbonyl (C=O) groups excluding carboxylic acids is 1. The smallest absolute Gasteiger partial charge is 0.431 e. The van der Waals surface area contributed by atoms with Crippen molar-refractivity contribution in [2.75, 3.05) is 5.73 Å². The first-order chi connectivity index (χ1) is 6.50. The van der Waals surface area contributed by atoms with Crippen LogP contribution in [0.4, 0.5) is 10.5 Å². The molecule has 0 aliphatic rings. The molecule has 14 heavy (non-hydrogen) atoms. The van der Waals surface area contributed by atoms with Gasteiger partial charge in [0.2, 0.25) is 5.06 Å². The quantitative estimate of drug-likeness (QED) is 0.801. The highest BCUT2D eigenvalue weighted by molar-refractivity contribution is 7.13. The average Bonchev–Trinajstić information content (AvgIpc) is 2.34. The largest absolute Gasteiger partial charge is 0.514 e. The summed E-state index contributed by atoms with van der Waals surface area (Å²) in [6.07, 6.45) is -0.996. The van der Waals surface area contributed by atoms with Crippen molar-refractivity contribution in [3.05, 3.63) is 10.4 Å². The second-order valence-electron chi connectivity index (χ2n) is 2.80. The van der Waals surface area contributed by atoms with Crippen molar-refractivity contribution in [1.29, 1.82) is 0 Å². The van der Waals surface area contributed by atoms with Gasteiger partial charge in [-0.05, 0) is 13.8 Å². The van der Waals surface area contributed by atoms with Crippen molar-refractivity contribution >= 4 is 34.8 Å². The van der Waals surface area contributed by atoms with Crippen molar-refractivity contribution in [3.63, 3.8) is 0 Å². The van der Waals surface area contributed by atoms with Crippen LogP contribution in [0.5, 0.6) is 5.06 Å². The first-order valence-electron chi connectivity index (χ1n) is 3.91. The summed E-state index contributed by atoms with van der Waals surface area (Å²) in [6, 6.07) is 0. The minimum absolute atomic E-state index is 0.223. The third-order valence-electron chi connectivity index (χ3n) is 1.25. The van der Waals surface area contributed by atoms with Gasteiger partial charge in [-0.3, -0.25) is 0 Å². The van der Waals surface area contributed by atoms with Crippen LogP contribution < -0.4 is 10.5 Å². The fourth-order valence-electron chi connectivity index (χ4n) is 0.701. The van der Waals surface area contributed by atoms with Crippen LogP contribution in [0.25, 0.3) is 0 Å². The molecular formula is C8H10ClNO3S. The fourth-order valence-corrected chi connectivity index (χ4v) is 1.67. The van der Waals surface area contributed by atoms with Gasteiger partial charge in [0.05, 0.1) is 11.1 Å². The topological polar surface area (TPSA) is 61.5 Å². The van der Waals surface area contributed by atoms with E-state index in [-0.39, 0.29) is 16.9 Å². The number of nitrogen functional groups attached to an aromatic ring is 1. The van der Waals surface area contributed by atoms with Crippen LogP contribution in [0.3, 0.4) is 0 Å². The van der Waals surface area contributed by atoms with E-state index in [9.17, 15) is 4.79 Å². The number of ether oxygens (including phenoxy) is 2. The molecule has 4 nitrogen and oxygen atoms in total. The maximum Gasteiger partial charge on any atom is 0.514 e. The molecule has 0 aliphatic carbocycles. The summed E-state index contributed by atoms with van der Waals surface area (Å²) in [7, 11) is 0. The summed E-state index contributed by atoms with van der Waals surface area (Å²) < 4.78 is 9.59. The predicted molar refractivity (Wildman–Crippen MR) is 56.0 cm³/mol. The summed E-state index contributed by atoms with van der Waals surface area (Å²) in [6.45, 7) is 3.46. The second kappa shape index (κ2) is 4.52. The number of thiophene rings is 1. The Morgan fingerprint density at radius 1 is 1.64 bits per heavy atom. The first kappa shape index (κ1) is 11.1. The first-order valence-corrected chi connectivity index (χ1v) is 5.17. The van der Waals surface area contributed by atoms with Crippen LogP contribution in [-0.2, 0) is 4.74 Å². The van der Waals surface area contributed by atoms with E-state index in [1.54, 1.807) is 19.2 Å². The van der Waals surface area contributed by atoms with E-state index in [0.29, 0.717) is 5.02 Å². The van der Waals surface area contributed by atoms with Gasteiger partial charge in [0, 0.05) is 5.38 Å². The van der Waals surface area contributed by atoms with Gasteiger partial charge in [-0.2, -0.15) is 0 Å². The van der Waals surface area contributed by atoms with E-state index >= 15 is 0 Å². The van der Waals surface area contributed by atoms with Gasteiger partial charge in [-0.15, -0.1) is 11.3 Å². The van der Waals surface area contributed by atoms with E-state index < -0.39 is 6.16 Å². The van der Waals surface area contributed by atoms with Gasteiger partial charge in [0.25, 0.3) is 0 Å². The lowest BCUT2D eigenvalue weighted by Crippen LogP contribution is -2.15. The van der Waals surface area contributed by atoms with Gasteiger partial charge in [0.15, 0.2) is 0 Å². The lowest BCUT2D eigenvalue weighted by Gasteiger charge is -2.07. The molecule has 1 rings (SSSR count). The second-order valence-corrected chi connectivity index (χ2v) is 4.05. The van der Waals surface area contributed by atoms with Crippen molar-refractivity contribution in [1.82, 2.24) is 0 Å². The molecule has 0 spiro atoms. The molecule has 0 saturated carbocycles. The zero-order valence-electron chi connectivity index (χ0n) is 7.74. The third kappa shape index (κ3) is 2.78. The van der Waals surface area contributed by atoms with Crippen molar-refractivity contribution in [2.24, 2.45) is 0 Å². The Morgan fingerprint density at radius 3 is 2.71 bits per heavy atom. The van der Waals surface area contributed by atoms with E-state index in [4.69, 9.17) is 26.8 Å². The van der Waals surface area contributed by atoms with E-state index in [2.05, 4.69) is 0 Å². The Labute approximate surface area is 90.6 Å². The predicted octanol–water partition coefficient (Wildman–Crippen LogP) is 2.91. The van der Waals surface area contributed by atoms with Gasteiger partial charge in [0.1, 0.15) is 5.69 Å². The molecule has 0 aliphatic heterocycles. The summed E-state index contributed by atoms with van der Waals surface area (Å²) in [5.41, 5.74) is 5.79. The molecule has 6 heteroatoms. The third-order valence-corrected chi connectivity index (χ3v) is 2.57. The molecule has 1 aromatic rings. The molecule has 0 fully saturated rings. The minimum atomic E-state index is -0.773. The van der Waals surface area contributed by atoms with Crippen molar-refractivity contribution < 1.29 is 14.3 Å². The monoisotopic (exact) mass is 235 g/mol. The summed E-state index contributed by atoms with van der Waals surface area (Å²) in [5.74, 6) is 0. The molecule has 0 atom stereocenters. The fraction of sp³-hybridized carbons (Fsp3) is 0.375. The van der Waals surface area contributed by atoms with Crippen molar-refractivity contribution in [3.8, 4) is 5.06 Å². The molecule has 1 heterocycles. The van der Waals surface area contributed by atoms with E-state index in [1.807, 2.05) is 0 Å².